The zero-order chi connectivity index (χ0) is 12.5. The summed E-state index contributed by atoms with van der Waals surface area (Å²) in [6.07, 6.45) is 3.30. The Morgan fingerprint density at radius 2 is 2.00 bits per heavy atom. The van der Waals surface area contributed by atoms with Gasteiger partial charge < -0.3 is 15.4 Å². The highest BCUT2D eigenvalue weighted by atomic mass is 35.5. The summed E-state index contributed by atoms with van der Waals surface area (Å²) in [6, 6.07) is 1.82. The van der Waals surface area contributed by atoms with Crippen LogP contribution >= 0.6 is 24.8 Å². The van der Waals surface area contributed by atoms with E-state index in [0.29, 0.717) is 18.7 Å². The number of nitrogens with one attached hydrogen (secondary N) is 2. The molecule has 1 aromatic heterocycles. The maximum absolute atomic E-state index is 11.7. The van der Waals surface area contributed by atoms with E-state index in [-0.39, 0.29) is 30.7 Å². The highest BCUT2D eigenvalue weighted by Crippen LogP contribution is 2.00. The van der Waals surface area contributed by atoms with E-state index in [0.717, 1.165) is 18.7 Å². The standard InChI is InChI=1S/C12H19N3O2.2ClH/c1-10-7-11(9-14-8-10)12(16)15-4-3-13-5-6-17-2;;/h7-9,13H,3-6H2,1-2H3,(H,15,16);2*1H. The summed E-state index contributed by atoms with van der Waals surface area (Å²) in [6.45, 7) is 4.70. The van der Waals surface area contributed by atoms with E-state index in [1.165, 1.54) is 0 Å². The minimum atomic E-state index is -0.0882. The van der Waals surface area contributed by atoms with Crippen LogP contribution in [0.15, 0.2) is 18.5 Å². The van der Waals surface area contributed by atoms with Crippen molar-refractivity contribution in [3.8, 4) is 0 Å². The molecule has 7 heteroatoms. The fourth-order valence-corrected chi connectivity index (χ4v) is 1.34. The highest BCUT2D eigenvalue weighted by molar-refractivity contribution is 5.93. The first kappa shape index (κ1) is 20.4. The van der Waals surface area contributed by atoms with Gasteiger partial charge in [-0.15, -0.1) is 24.8 Å². The number of hydrogen-bond acceptors (Lipinski definition) is 4. The van der Waals surface area contributed by atoms with E-state index in [1.54, 1.807) is 19.5 Å². The van der Waals surface area contributed by atoms with E-state index < -0.39 is 0 Å². The molecule has 0 atom stereocenters. The van der Waals surface area contributed by atoms with Crippen LogP contribution in [-0.2, 0) is 4.74 Å². The molecule has 0 aliphatic carbocycles. The summed E-state index contributed by atoms with van der Waals surface area (Å²) in [5.74, 6) is -0.0882. The van der Waals surface area contributed by atoms with E-state index in [9.17, 15) is 4.79 Å². The lowest BCUT2D eigenvalue weighted by Crippen LogP contribution is -2.33. The largest absolute Gasteiger partial charge is 0.383 e. The molecule has 2 N–H and O–H groups in total. The number of carbonyl (C=O) groups excluding carboxylic acids is 1. The fraction of sp³-hybridized carbons (Fsp3) is 0.500. The molecule has 0 spiro atoms. The molecule has 0 radical (unpaired) electrons. The Kier molecular flexibility index (Phi) is 13.1. The highest BCUT2D eigenvalue weighted by Gasteiger charge is 2.04. The lowest BCUT2D eigenvalue weighted by Gasteiger charge is -2.06. The van der Waals surface area contributed by atoms with Gasteiger partial charge in [0.2, 0.25) is 0 Å². The lowest BCUT2D eigenvalue weighted by molar-refractivity contribution is 0.0953. The monoisotopic (exact) mass is 309 g/mol. The maximum Gasteiger partial charge on any atom is 0.252 e. The molecule has 0 bridgehead atoms. The molecule has 0 unspecified atom stereocenters. The van der Waals surface area contributed by atoms with Crippen LogP contribution in [0.3, 0.4) is 0 Å². The molecule has 0 aromatic carbocycles. The number of ether oxygens (including phenoxy) is 1. The number of aryl methyl sites for hydroxylation is 1. The number of aromatic nitrogens is 1. The number of pyridine rings is 1. The van der Waals surface area contributed by atoms with Crippen LogP contribution < -0.4 is 10.6 Å². The fourth-order valence-electron chi connectivity index (χ4n) is 1.34. The molecule has 0 aliphatic heterocycles. The smallest absolute Gasteiger partial charge is 0.252 e. The number of hydrogen-bond donors (Lipinski definition) is 2. The van der Waals surface area contributed by atoms with Gasteiger partial charge in [0.25, 0.3) is 5.91 Å². The second-order valence-electron chi connectivity index (χ2n) is 3.75. The summed E-state index contributed by atoms with van der Waals surface area (Å²) in [5.41, 5.74) is 1.58. The average molecular weight is 310 g/mol. The number of rotatable bonds is 7. The van der Waals surface area contributed by atoms with Gasteiger partial charge >= 0.3 is 0 Å². The maximum atomic E-state index is 11.7. The summed E-state index contributed by atoms with van der Waals surface area (Å²) < 4.78 is 4.89. The predicted octanol–water partition coefficient (Wildman–Crippen LogP) is 1.20. The Hall–Kier alpha value is -0.880. The van der Waals surface area contributed by atoms with Crippen molar-refractivity contribution >= 4 is 30.7 Å². The normalized spacial score (nSPS) is 9.16. The Morgan fingerprint density at radius 3 is 2.63 bits per heavy atom. The van der Waals surface area contributed by atoms with Crippen LogP contribution in [0.4, 0.5) is 0 Å². The Labute approximate surface area is 126 Å². The molecule has 0 fully saturated rings. The third kappa shape index (κ3) is 8.77. The van der Waals surface area contributed by atoms with E-state index in [2.05, 4.69) is 15.6 Å². The SMILES string of the molecule is COCCNCCNC(=O)c1cncc(C)c1.Cl.Cl. The van der Waals surface area contributed by atoms with Crippen LogP contribution in [-0.4, -0.2) is 44.2 Å². The van der Waals surface area contributed by atoms with Gasteiger partial charge in [-0.1, -0.05) is 0 Å². The van der Waals surface area contributed by atoms with Gasteiger partial charge in [-0.25, -0.2) is 0 Å². The summed E-state index contributed by atoms with van der Waals surface area (Å²) in [4.78, 5) is 15.7. The molecular formula is C12H21Cl2N3O2. The van der Waals surface area contributed by atoms with Gasteiger partial charge in [-0.3, -0.25) is 9.78 Å². The number of halogens is 2. The first-order valence-electron chi connectivity index (χ1n) is 5.63. The number of carbonyl (C=O) groups is 1. The summed E-state index contributed by atoms with van der Waals surface area (Å²) >= 11 is 0. The van der Waals surface area contributed by atoms with Crippen LogP contribution in [0.25, 0.3) is 0 Å². The average Bonchev–Trinajstić information content (AvgIpc) is 2.33. The van der Waals surface area contributed by atoms with Crippen molar-refractivity contribution in [3.05, 3.63) is 29.6 Å². The van der Waals surface area contributed by atoms with E-state index >= 15 is 0 Å². The number of methoxy groups -OCH3 is 1. The molecule has 5 nitrogen and oxygen atoms in total. The van der Waals surface area contributed by atoms with Gasteiger partial charge in [0, 0.05) is 39.1 Å². The molecule has 0 aliphatic rings. The second kappa shape index (κ2) is 12.2. The second-order valence-corrected chi connectivity index (χ2v) is 3.75. The minimum absolute atomic E-state index is 0. The lowest BCUT2D eigenvalue weighted by atomic mass is 10.2. The van der Waals surface area contributed by atoms with Crippen LogP contribution in [0, 0.1) is 6.92 Å². The van der Waals surface area contributed by atoms with Crippen LogP contribution in [0.5, 0.6) is 0 Å². The predicted molar refractivity (Wildman–Crippen MR) is 80.5 cm³/mol. The van der Waals surface area contributed by atoms with Crippen molar-refractivity contribution in [1.29, 1.82) is 0 Å². The third-order valence-electron chi connectivity index (χ3n) is 2.21. The zero-order valence-corrected chi connectivity index (χ0v) is 12.8. The van der Waals surface area contributed by atoms with Crippen LogP contribution in [0.2, 0.25) is 0 Å². The Bertz CT molecular complexity index is 365. The molecule has 110 valence electrons. The molecule has 1 aromatic rings. The molecule has 19 heavy (non-hydrogen) atoms. The van der Waals surface area contributed by atoms with Crippen molar-refractivity contribution in [2.24, 2.45) is 0 Å². The van der Waals surface area contributed by atoms with E-state index in [4.69, 9.17) is 4.74 Å². The first-order chi connectivity index (χ1) is 8.24. The summed E-state index contributed by atoms with van der Waals surface area (Å²) in [7, 11) is 1.66. The number of nitrogens with zero attached hydrogens (tertiary/aromatic N) is 1. The van der Waals surface area contributed by atoms with Crippen molar-refractivity contribution in [2.75, 3.05) is 33.4 Å². The molecule has 0 saturated heterocycles. The quantitative estimate of drug-likeness (QED) is 0.743. The summed E-state index contributed by atoms with van der Waals surface area (Å²) in [5, 5.41) is 5.97. The zero-order valence-electron chi connectivity index (χ0n) is 11.1. The molecular weight excluding hydrogens is 289 g/mol. The number of amides is 1. The van der Waals surface area contributed by atoms with Crippen molar-refractivity contribution in [2.45, 2.75) is 6.92 Å². The van der Waals surface area contributed by atoms with Gasteiger partial charge in [0.1, 0.15) is 0 Å². The van der Waals surface area contributed by atoms with Gasteiger partial charge in [0.05, 0.1) is 12.2 Å². The third-order valence-corrected chi connectivity index (χ3v) is 2.21. The van der Waals surface area contributed by atoms with Gasteiger partial charge in [-0.05, 0) is 18.6 Å². The van der Waals surface area contributed by atoms with Crippen molar-refractivity contribution in [1.82, 2.24) is 15.6 Å². The minimum Gasteiger partial charge on any atom is -0.383 e. The molecule has 1 amide bonds. The Balaban J connectivity index is 0. The van der Waals surface area contributed by atoms with Crippen molar-refractivity contribution < 1.29 is 9.53 Å². The molecule has 0 saturated carbocycles. The van der Waals surface area contributed by atoms with Gasteiger partial charge in [0.15, 0.2) is 0 Å². The first-order valence-corrected chi connectivity index (χ1v) is 5.63. The Morgan fingerprint density at radius 1 is 1.26 bits per heavy atom. The van der Waals surface area contributed by atoms with E-state index in [1.807, 2.05) is 13.0 Å². The van der Waals surface area contributed by atoms with Crippen LogP contribution in [0.1, 0.15) is 15.9 Å². The van der Waals surface area contributed by atoms with Gasteiger partial charge in [-0.2, -0.15) is 0 Å². The van der Waals surface area contributed by atoms with Crippen molar-refractivity contribution in [3.63, 3.8) is 0 Å². The molecule has 1 rings (SSSR count). The molecule has 1 heterocycles. The topological polar surface area (TPSA) is 63.2 Å².